The second kappa shape index (κ2) is 9.75. The Hall–Kier alpha value is -0.120. The van der Waals surface area contributed by atoms with Crippen molar-refractivity contribution in [3.8, 4) is 0 Å². The summed E-state index contributed by atoms with van der Waals surface area (Å²) >= 11 is 0. The highest BCUT2D eigenvalue weighted by Gasteiger charge is 2.36. The molecule has 1 aliphatic rings. The maximum Gasteiger partial charge on any atom is 0.0593 e. The molecular formula is C17H36N2O. The van der Waals surface area contributed by atoms with E-state index < -0.39 is 0 Å². The summed E-state index contributed by atoms with van der Waals surface area (Å²) in [5.41, 5.74) is 6.46. The topological polar surface area (TPSA) is 38.5 Å². The van der Waals surface area contributed by atoms with E-state index in [-0.39, 0.29) is 5.54 Å². The third kappa shape index (κ3) is 5.01. The zero-order valence-electron chi connectivity index (χ0n) is 14.0. The predicted octanol–water partition coefficient (Wildman–Crippen LogP) is 3.42. The third-order valence-electron chi connectivity index (χ3n) is 5.11. The summed E-state index contributed by atoms with van der Waals surface area (Å²) in [6, 6.07) is 0. The van der Waals surface area contributed by atoms with E-state index in [1.807, 2.05) is 0 Å². The van der Waals surface area contributed by atoms with Crippen LogP contribution in [0.4, 0.5) is 0 Å². The first-order valence-electron chi connectivity index (χ1n) is 8.75. The molecular weight excluding hydrogens is 248 g/mol. The van der Waals surface area contributed by atoms with Gasteiger partial charge in [-0.25, -0.2) is 0 Å². The SMILES string of the molecule is CCCC1CCCC(CN)(N(CC)CCOCC)CC1. The van der Waals surface area contributed by atoms with Crippen molar-refractivity contribution in [2.24, 2.45) is 11.7 Å². The summed E-state index contributed by atoms with van der Waals surface area (Å²) in [5, 5.41) is 0. The first-order chi connectivity index (χ1) is 9.72. The monoisotopic (exact) mass is 284 g/mol. The van der Waals surface area contributed by atoms with E-state index in [2.05, 4.69) is 25.7 Å². The minimum absolute atomic E-state index is 0.230. The number of hydrogen-bond acceptors (Lipinski definition) is 3. The van der Waals surface area contributed by atoms with Crippen LogP contribution in [-0.4, -0.2) is 43.3 Å². The molecule has 0 aromatic rings. The largest absolute Gasteiger partial charge is 0.380 e. The Kier molecular flexibility index (Phi) is 8.74. The molecule has 1 aliphatic carbocycles. The second-order valence-corrected chi connectivity index (χ2v) is 6.29. The van der Waals surface area contributed by atoms with E-state index in [0.29, 0.717) is 0 Å². The molecule has 2 N–H and O–H groups in total. The second-order valence-electron chi connectivity index (χ2n) is 6.29. The van der Waals surface area contributed by atoms with Gasteiger partial charge in [-0.2, -0.15) is 0 Å². The van der Waals surface area contributed by atoms with Crippen molar-refractivity contribution in [2.75, 3.05) is 32.8 Å². The lowest BCUT2D eigenvalue weighted by molar-refractivity contribution is 0.0419. The zero-order valence-corrected chi connectivity index (χ0v) is 14.0. The summed E-state index contributed by atoms with van der Waals surface area (Å²) in [6.07, 6.45) is 9.35. The molecule has 0 aliphatic heterocycles. The standard InChI is InChI=1S/C17H36N2O/c1-4-8-16-9-7-11-17(15-18,12-10-16)19(5-2)13-14-20-6-3/h16H,4-15,18H2,1-3H3. The summed E-state index contributed by atoms with van der Waals surface area (Å²) in [5.74, 6) is 0.930. The number of ether oxygens (including phenoxy) is 1. The fraction of sp³-hybridized carbons (Fsp3) is 1.00. The summed E-state index contributed by atoms with van der Waals surface area (Å²) in [6.45, 7) is 11.2. The van der Waals surface area contributed by atoms with Gasteiger partial charge in [-0.05, 0) is 38.6 Å². The van der Waals surface area contributed by atoms with E-state index in [0.717, 1.165) is 38.8 Å². The van der Waals surface area contributed by atoms with E-state index >= 15 is 0 Å². The highest BCUT2D eigenvalue weighted by Crippen LogP contribution is 2.35. The Balaban J connectivity index is 2.63. The molecule has 3 nitrogen and oxygen atoms in total. The highest BCUT2D eigenvalue weighted by atomic mass is 16.5. The van der Waals surface area contributed by atoms with Gasteiger partial charge < -0.3 is 10.5 Å². The summed E-state index contributed by atoms with van der Waals surface area (Å²) < 4.78 is 5.55. The molecule has 3 heteroatoms. The van der Waals surface area contributed by atoms with E-state index in [9.17, 15) is 0 Å². The molecule has 0 aromatic carbocycles. The number of nitrogens with zero attached hydrogens (tertiary/aromatic N) is 1. The first kappa shape index (κ1) is 17.9. The van der Waals surface area contributed by atoms with Crippen LogP contribution in [0, 0.1) is 5.92 Å². The number of rotatable bonds is 9. The first-order valence-corrected chi connectivity index (χ1v) is 8.75. The molecule has 0 amide bonds. The van der Waals surface area contributed by atoms with Gasteiger partial charge in [0, 0.05) is 25.2 Å². The van der Waals surface area contributed by atoms with Crippen molar-refractivity contribution in [1.29, 1.82) is 0 Å². The lowest BCUT2D eigenvalue weighted by atomic mass is 9.87. The van der Waals surface area contributed by atoms with Crippen LogP contribution in [0.5, 0.6) is 0 Å². The van der Waals surface area contributed by atoms with Gasteiger partial charge in [0.2, 0.25) is 0 Å². The van der Waals surface area contributed by atoms with Crippen molar-refractivity contribution in [3.05, 3.63) is 0 Å². The van der Waals surface area contributed by atoms with E-state index in [1.54, 1.807) is 0 Å². The number of hydrogen-bond donors (Lipinski definition) is 1. The summed E-state index contributed by atoms with van der Waals surface area (Å²) in [4.78, 5) is 2.59. The van der Waals surface area contributed by atoms with Gasteiger partial charge in [-0.3, -0.25) is 4.90 Å². The van der Waals surface area contributed by atoms with Crippen molar-refractivity contribution < 1.29 is 4.74 Å². The van der Waals surface area contributed by atoms with Gasteiger partial charge in [0.25, 0.3) is 0 Å². The molecule has 0 bridgehead atoms. The molecule has 0 aromatic heterocycles. The van der Waals surface area contributed by atoms with E-state index in [1.165, 1.54) is 44.9 Å². The van der Waals surface area contributed by atoms with Crippen molar-refractivity contribution in [2.45, 2.75) is 71.3 Å². The molecule has 0 spiro atoms. The normalized spacial score (nSPS) is 27.8. The molecule has 0 saturated heterocycles. The Morgan fingerprint density at radius 2 is 2.00 bits per heavy atom. The van der Waals surface area contributed by atoms with Gasteiger partial charge in [-0.1, -0.05) is 39.5 Å². The van der Waals surface area contributed by atoms with Crippen molar-refractivity contribution >= 4 is 0 Å². The lowest BCUT2D eigenvalue weighted by Crippen LogP contribution is -2.54. The molecule has 120 valence electrons. The van der Waals surface area contributed by atoms with Gasteiger partial charge in [0.1, 0.15) is 0 Å². The van der Waals surface area contributed by atoms with E-state index in [4.69, 9.17) is 10.5 Å². The Morgan fingerprint density at radius 1 is 1.20 bits per heavy atom. The maximum absolute atomic E-state index is 6.23. The van der Waals surface area contributed by atoms with Crippen molar-refractivity contribution in [1.82, 2.24) is 4.90 Å². The molecule has 2 atom stereocenters. The highest BCUT2D eigenvalue weighted by molar-refractivity contribution is 4.94. The molecule has 20 heavy (non-hydrogen) atoms. The molecule has 1 fully saturated rings. The molecule has 0 heterocycles. The number of likely N-dealkylation sites (N-methyl/N-ethyl adjacent to an activating group) is 1. The molecule has 0 radical (unpaired) electrons. The average molecular weight is 284 g/mol. The third-order valence-corrected chi connectivity index (χ3v) is 5.11. The predicted molar refractivity (Wildman–Crippen MR) is 87.0 cm³/mol. The maximum atomic E-state index is 6.23. The van der Waals surface area contributed by atoms with Gasteiger partial charge in [-0.15, -0.1) is 0 Å². The van der Waals surface area contributed by atoms with Crippen molar-refractivity contribution in [3.63, 3.8) is 0 Å². The van der Waals surface area contributed by atoms with Crippen LogP contribution in [0.3, 0.4) is 0 Å². The zero-order chi connectivity index (χ0) is 14.8. The van der Waals surface area contributed by atoms with Crippen LogP contribution < -0.4 is 5.73 Å². The Bertz CT molecular complexity index is 247. The van der Waals surface area contributed by atoms with Gasteiger partial charge in [0.15, 0.2) is 0 Å². The lowest BCUT2D eigenvalue weighted by Gasteiger charge is -2.43. The minimum atomic E-state index is 0.230. The fourth-order valence-corrected chi connectivity index (χ4v) is 3.86. The van der Waals surface area contributed by atoms with Gasteiger partial charge >= 0.3 is 0 Å². The Morgan fingerprint density at radius 3 is 2.60 bits per heavy atom. The number of nitrogens with two attached hydrogens (primary N) is 1. The Labute approximate surface area is 126 Å². The minimum Gasteiger partial charge on any atom is -0.380 e. The smallest absolute Gasteiger partial charge is 0.0593 e. The molecule has 2 unspecified atom stereocenters. The van der Waals surface area contributed by atoms with Crippen LogP contribution in [0.2, 0.25) is 0 Å². The molecule has 1 rings (SSSR count). The van der Waals surface area contributed by atoms with Crippen LogP contribution in [0.25, 0.3) is 0 Å². The quantitative estimate of drug-likeness (QED) is 0.521. The van der Waals surface area contributed by atoms with Crippen LogP contribution in [0.15, 0.2) is 0 Å². The average Bonchev–Trinajstić information content (AvgIpc) is 2.68. The van der Waals surface area contributed by atoms with Crippen LogP contribution in [-0.2, 0) is 4.74 Å². The summed E-state index contributed by atoms with van der Waals surface area (Å²) in [7, 11) is 0. The van der Waals surface area contributed by atoms with Gasteiger partial charge in [0.05, 0.1) is 6.61 Å². The fourth-order valence-electron chi connectivity index (χ4n) is 3.86. The van der Waals surface area contributed by atoms with Crippen LogP contribution in [0.1, 0.15) is 65.7 Å². The van der Waals surface area contributed by atoms with Crippen LogP contribution >= 0.6 is 0 Å². The molecule has 1 saturated carbocycles.